The fourth-order valence-corrected chi connectivity index (χ4v) is 5.50. The lowest BCUT2D eigenvalue weighted by atomic mass is 9.86. The van der Waals surface area contributed by atoms with Gasteiger partial charge in [-0.1, -0.05) is 23.7 Å². The molecule has 6 rings (SSSR count). The summed E-state index contributed by atoms with van der Waals surface area (Å²) >= 11 is 6.26. The second-order valence-corrected chi connectivity index (χ2v) is 9.39. The maximum Gasteiger partial charge on any atom is 0.251 e. The van der Waals surface area contributed by atoms with Crippen molar-refractivity contribution in [2.45, 2.75) is 43.2 Å². The molecular formula is C23H22ClN3O2. The van der Waals surface area contributed by atoms with E-state index in [-0.39, 0.29) is 11.9 Å². The number of aromatic amines is 1. The Kier molecular flexibility index (Phi) is 3.66. The number of H-pyrrole nitrogens is 1. The van der Waals surface area contributed by atoms with Crippen LogP contribution in [-0.4, -0.2) is 27.3 Å². The van der Waals surface area contributed by atoms with Gasteiger partial charge in [0.25, 0.3) is 5.91 Å². The number of carbonyl (C=O) groups is 1. The Bertz CT molecular complexity index is 1120. The molecule has 148 valence electrons. The molecule has 1 aromatic heterocycles. The zero-order valence-corrected chi connectivity index (χ0v) is 16.6. The first kappa shape index (κ1) is 17.5. The molecule has 0 aliphatic heterocycles. The summed E-state index contributed by atoms with van der Waals surface area (Å²) in [6, 6.07) is 11.8. The zero-order valence-electron chi connectivity index (χ0n) is 15.9. The summed E-state index contributed by atoms with van der Waals surface area (Å²) in [6.45, 7) is 0. The van der Waals surface area contributed by atoms with E-state index in [2.05, 4.69) is 21.6 Å². The van der Waals surface area contributed by atoms with Gasteiger partial charge in [-0.3, -0.25) is 9.89 Å². The third-order valence-corrected chi connectivity index (χ3v) is 7.22. The molecule has 3 saturated carbocycles. The summed E-state index contributed by atoms with van der Waals surface area (Å²) in [4.78, 5) is 12.7. The summed E-state index contributed by atoms with van der Waals surface area (Å²) in [6.07, 6.45) is 5.46. The molecule has 0 bridgehead atoms. The Hall–Kier alpha value is -2.37. The topological polar surface area (TPSA) is 78.0 Å². The van der Waals surface area contributed by atoms with Gasteiger partial charge in [-0.25, -0.2) is 0 Å². The smallest absolute Gasteiger partial charge is 0.251 e. The number of aromatic nitrogens is 2. The van der Waals surface area contributed by atoms with Crippen LogP contribution in [0.3, 0.4) is 0 Å². The van der Waals surface area contributed by atoms with Gasteiger partial charge in [0.05, 0.1) is 17.3 Å². The predicted octanol–water partition coefficient (Wildman–Crippen LogP) is 4.12. The molecule has 6 heteroatoms. The Morgan fingerprint density at radius 2 is 2.00 bits per heavy atom. The highest BCUT2D eigenvalue weighted by atomic mass is 35.5. The highest BCUT2D eigenvalue weighted by Gasteiger charge is 2.62. The molecule has 3 aromatic rings. The van der Waals surface area contributed by atoms with E-state index in [4.69, 9.17) is 11.6 Å². The minimum absolute atomic E-state index is 0.00424. The summed E-state index contributed by atoms with van der Waals surface area (Å²) < 4.78 is 0. The second-order valence-electron chi connectivity index (χ2n) is 8.95. The maximum atomic E-state index is 12.7. The molecule has 0 saturated heterocycles. The average Bonchev–Trinajstić information content (AvgIpc) is 3.56. The second kappa shape index (κ2) is 6.07. The van der Waals surface area contributed by atoms with Gasteiger partial charge in [0.15, 0.2) is 0 Å². The summed E-state index contributed by atoms with van der Waals surface area (Å²) in [5.41, 5.74) is 2.76. The monoisotopic (exact) mass is 407 g/mol. The molecule has 3 N–H and O–H groups in total. The lowest BCUT2D eigenvalue weighted by Gasteiger charge is -2.27. The first-order chi connectivity index (χ1) is 14.0. The maximum absolute atomic E-state index is 12.7. The van der Waals surface area contributed by atoms with Crippen molar-refractivity contribution < 1.29 is 9.90 Å². The number of carbonyl (C=O) groups excluding carboxylic acids is 1. The van der Waals surface area contributed by atoms with Crippen LogP contribution in [0.4, 0.5) is 0 Å². The van der Waals surface area contributed by atoms with Gasteiger partial charge in [-0.05, 0) is 78.8 Å². The van der Waals surface area contributed by atoms with E-state index in [0.29, 0.717) is 35.6 Å². The molecule has 3 aliphatic carbocycles. The normalized spacial score (nSPS) is 30.3. The van der Waals surface area contributed by atoms with Crippen LogP contribution in [0.5, 0.6) is 0 Å². The molecule has 1 heterocycles. The van der Waals surface area contributed by atoms with Gasteiger partial charge >= 0.3 is 0 Å². The van der Waals surface area contributed by atoms with Gasteiger partial charge in [0.2, 0.25) is 0 Å². The SMILES string of the molecule is O=C(N[C@@H]1[C@@H]2C[C@@](O)(c3cc(Cl)cc4[nH]ncc34)C[C@@H]21)c1cccc(C2CC2)c1. The lowest BCUT2D eigenvalue weighted by Crippen LogP contribution is -2.33. The molecule has 1 amide bonds. The molecule has 2 aromatic carbocycles. The quantitative estimate of drug-likeness (QED) is 0.608. The number of halogens is 1. The van der Waals surface area contributed by atoms with Crippen LogP contribution < -0.4 is 5.32 Å². The number of hydrogen-bond donors (Lipinski definition) is 3. The molecular weight excluding hydrogens is 386 g/mol. The van der Waals surface area contributed by atoms with Crippen LogP contribution in [0, 0.1) is 11.8 Å². The van der Waals surface area contributed by atoms with E-state index in [9.17, 15) is 9.90 Å². The summed E-state index contributed by atoms with van der Waals surface area (Å²) in [7, 11) is 0. The van der Waals surface area contributed by atoms with Crippen LogP contribution >= 0.6 is 11.6 Å². The Balaban J connectivity index is 1.17. The van der Waals surface area contributed by atoms with E-state index < -0.39 is 5.60 Å². The first-order valence-corrected chi connectivity index (χ1v) is 10.7. The van der Waals surface area contributed by atoms with E-state index in [0.717, 1.165) is 22.0 Å². The minimum atomic E-state index is -0.921. The number of fused-ring (bicyclic) bond motifs is 2. The standard InChI is InChI=1S/C23H22ClN3O2/c24-15-7-19(18-11-25-27-20(18)8-15)23(29)9-16-17(10-23)21(16)26-22(28)14-3-1-2-13(6-14)12-4-5-12/h1-3,6-8,11-12,16-17,21,29H,4-5,9-10H2,(H,25,27)(H,26,28)/t16-,17+,21-,23+. The fourth-order valence-electron chi connectivity index (χ4n) is 5.29. The molecule has 0 spiro atoms. The number of benzene rings is 2. The Morgan fingerprint density at radius 1 is 1.21 bits per heavy atom. The van der Waals surface area contributed by atoms with Gasteiger partial charge in [0, 0.05) is 22.0 Å². The number of rotatable bonds is 4. The van der Waals surface area contributed by atoms with Crippen LogP contribution in [0.2, 0.25) is 5.02 Å². The predicted molar refractivity (Wildman–Crippen MR) is 111 cm³/mol. The van der Waals surface area contributed by atoms with Crippen molar-refractivity contribution in [3.05, 3.63) is 64.3 Å². The molecule has 0 radical (unpaired) electrons. The van der Waals surface area contributed by atoms with Crippen molar-refractivity contribution in [3.8, 4) is 0 Å². The fraction of sp³-hybridized carbons (Fsp3) is 0.391. The molecule has 29 heavy (non-hydrogen) atoms. The highest BCUT2D eigenvalue weighted by molar-refractivity contribution is 6.31. The third-order valence-electron chi connectivity index (χ3n) is 7.00. The van der Waals surface area contributed by atoms with Crippen molar-refractivity contribution in [2.24, 2.45) is 11.8 Å². The summed E-state index contributed by atoms with van der Waals surface area (Å²) in [5.74, 6) is 1.24. The van der Waals surface area contributed by atoms with Crippen LogP contribution in [0.15, 0.2) is 42.6 Å². The molecule has 4 atom stereocenters. The van der Waals surface area contributed by atoms with E-state index in [1.54, 1.807) is 6.20 Å². The number of nitrogens with one attached hydrogen (secondary N) is 2. The molecule has 0 unspecified atom stereocenters. The van der Waals surface area contributed by atoms with Gasteiger partial charge in [-0.15, -0.1) is 0 Å². The van der Waals surface area contributed by atoms with E-state index in [1.165, 1.54) is 18.4 Å². The van der Waals surface area contributed by atoms with Crippen LogP contribution in [0.1, 0.15) is 53.1 Å². The van der Waals surface area contributed by atoms with Gasteiger partial charge in [0.1, 0.15) is 0 Å². The minimum Gasteiger partial charge on any atom is -0.385 e. The van der Waals surface area contributed by atoms with Crippen LogP contribution in [0.25, 0.3) is 10.9 Å². The number of nitrogens with zero attached hydrogens (tertiary/aromatic N) is 1. The molecule has 5 nitrogen and oxygen atoms in total. The third kappa shape index (κ3) is 2.87. The van der Waals surface area contributed by atoms with Gasteiger partial charge < -0.3 is 10.4 Å². The van der Waals surface area contributed by atoms with Crippen molar-refractivity contribution in [3.63, 3.8) is 0 Å². The summed E-state index contributed by atoms with van der Waals surface area (Å²) in [5, 5.41) is 23.1. The Labute approximate surface area is 173 Å². The Morgan fingerprint density at radius 3 is 2.76 bits per heavy atom. The first-order valence-electron chi connectivity index (χ1n) is 10.3. The van der Waals surface area contributed by atoms with Crippen molar-refractivity contribution in [1.82, 2.24) is 15.5 Å². The van der Waals surface area contributed by atoms with Crippen molar-refractivity contribution >= 4 is 28.4 Å². The van der Waals surface area contributed by atoms with Crippen LogP contribution in [-0.2, 0) is 5.60 Å². The zero-order chi connectivity index (χ0) is 19.8. The lowest BCUT2D eigenvalue weighted by molar-refractivity contribution is 0.0293. The largest absolute Gasteiger partial charge is 0.385 e. The molecule has 3 fully saturated rings. The average molecular weight is 408 g/mol. The number of hydrogen-bond acceptors (Lipinski definition) is 3. The molecule has 3 aliphatic rings. The van der Waals surface area contributed by atoms with E-state index >= 15 is 0 Å². The van der Waals surface area contributed by atoms with Gasteiger partial charge in [-0.2, -0.15) is 5.10 Å². The number of amides is 1. The van der Waals surface area contributed by atoms with E-state index in [1.807, 2.05) is 30.3 Å². The number of aliphatic hydroxyl groups is 1. The van der Waals surface area contributed by atoms with Crippen molar-refractivity contribution in [1.29, 1.82) is 0 Å². The van der Waals surface area contributed by atoms with Crippen molar-refractivity contribution in [2.75, 3.05) is 0 Å². The highest BCUT2D eigenvalue weighted by Crippen LogP contribution is 2.60.